The van der Waals surface area contributed by atoms with Gasteiger partial charge in [-0.1, -0.05) is 175 Å². The Labute approximate surface area is 383 Å². The zero-order valence-electron chi connectivity index (χ0n) is 42.2. The van der Waals surface area contributed by atoms with Gasteiger partial charge in [0.2, 0.25) is 0 Å². The van der Waals surface area contributed by atoms with Crippen LogP contribution >= 0.6 is 0 Å². The van der Waals surface area contributed by atoms with E-state index in [0.29, 0.717) is 22.2 Å². The monoisotopic (exact) mass is 889 g/mol. The topological polar surface area (TPSA) is 0 Å². The summed E-state index contributed by atoms with van der Waals surface area (Å²) in [6.45, 7) is 44.5. The molecule has 0 amide bonds. The summed E-state index contributed by atoms with van der Waals surface area (Å²) in [7, 11) is -5.28. The molecule has 8 rings (SSSR count). The van der Waals surface area contributed by atoms with E-state index in [1.165, 1.54) is 46.2 Å². The molecule has 0 saturated heterocycles. The van der Waals surface area contributed by atoms with Crippen molar-refractivity contribution < 1.29 is 0 Å². The summed E-state index contributed by atoms with van der Waals surface area (Å²) in [6.07, 6.45) is 10.0. The van der Waals surface area contributed by atoms with Gasteiger partial charge in [-0.3, -0.25) is 0 Å². The lowest BCUT2D eigenvalue weighted by molar-refractivity contribution is 1.03. The van der Waals surface area contributed by atoms with Gasteiger partial charge in [0.15, 0.2) is 0 Å². The molecule has 0 aromatic heterocycles. The minimum atomic E-state index is -1.33. The molecule has 0 fully saturated rings. The molecule has 4 aliphatic rings. The van der Waals surface area contributed by atoms with Crippen LogP contribution in [0.25, 0.3) is 22.3 Å². The van der Waals surface area contributed by atoms with Gasteiger partial charge in [-0.25, -0.2) is 0 Å². The Hall–Kier alpha value is -3.29. The SMILES string of the molecule is CC1=C(CCC2=C(C)C([Si](C)(C)C)c3ccccc32)c2ccccc2C1[Si](C)(C)C.Cc1ccc(C)c2c1C(CCC1=CC([Si](C)(C)C)c3c(C)ccc(C)c31)=CC2[Si](C)(C)C. The number of hydrogen-bond acceptors (Lipinski definition) is 0. The second-order valence-electron chi connectivity index (χ2n) is 24.1. The molecule has 4 heteroatoms. The lowest BCUT2D eigenvalue weighted by atomic mass is 9.90. The summed E-state index contributed by atoms with van der Waals surface area (Å²) in [5, 5.41) is 0. The number of rotatable bonds is 10. The lowest BCUT2D eigenvalue weighted by Gasteiger charge is -2.28. The van der Waals surface area contributed by atoms with Crippen LogP contribution in [-0.2, 0) is 0 Å². The minimum absolute atomic E-state index is 0.649. The van der Waals surface area contributed by atoms with Crippen molar-refractivity contribution in [3.63, 3.8) is 0 Å². The molecule has 0 heterocycles. The van der Waals surface area contributed by atoms with E-state index < -0.39 is 32.3 Å². The quantitative estimate of drug-likeness (QED) is 0.139. The maximum Gasteiger partial charge on any atom is 0.0569 e. The molecule has 4 aliphatic carbocycles. The number of fused-ring (bicyclic) bond motifs is 4. The van der Waals surface area contributed by atoms with E-state index in [4.69, 9.17) is 0 Å². The summed E-state index contributed by atoms with van der Waals surface area (Å²) < 4.78 is 0. The maximum absolute atomic E-state index is 2.67. The van der Waals surface area contributed by atoms with Crippen molar-refractivity contribution in [2.75, 3.05) is 0 Å². The standard InChI is InChI=1S/C30H42Si2.C28H38Si2/c1-19-11-13-21(3)29-25(31(5,6)7)17-23(27(19)29)15-16-24-18-26(32(8,9)10)30-22(4)14-12-20(2)28(24)30;1-19-21(23-13-9-11-15-25(23)27(19)29(3,4)5)17-18-22-20(2)28(30(6,7)8)26-16-12-10-14-24(22)26/h11-14,17-18,25-26H,15-16H2,1-10H3;9-16,27-28H,17-18H2,1-8H3. The van der Waals surface area contributed by atoms with Gasteiger partial charge in [0, 0.05) is 11.1 Å². The number of hydrogen-bond donors (Lipinski definition) is 0. The van der Waals surface area contributed by atoms with E-state index >= 15 is 0 Å². The molecule has 0 aliphatic heterocycles. The first-order valence-electron chi connectivity index (χ1n) is 24.0. The summed E-state index contributed by atoms with van der Waals surface area (Å²) in [4.78, 5) is 0. The van der Waals surface area contributed by atoms with E-state index in [9.17, 15) is 0 Å². The Morgan fingerprint density at radius 2 is 0.694 bits per heavy atom. The van der Waals surface area contributed by atoms with E-state index in [1.807, 2.05) is 0 Å². The third kappa shape index (κ3) is 8.64. The highest BCUT2D eigenvalue weighted by Gasteiger charge is 2.41. The molecular formula is C58H80Si4. The first-order chi connectivity index (χ1) is 28.8. The molecule has 0 bridgehead atoms. The third-order valence-electron chi connectivity index (χ3n) is 15.2. The molecule has 4 aromatic rings. The van der Waals surface area contributed by atoms with Crippen LogP contribution in [0.2, 0.25) is 78.6 Å². The van der Waals surface area contributed by atoms with Crippen LogP contribution in [0.5, 0.6) is 0 Å². The van der Waals surface area contributed by atoms with Crippen LogP contribution in [0.3, 0.4) is 0 Å². The van der Waals surface area contributed by atoms with Crippen molar-refractivity contribution in [3.05, 3.63) is 163 Å². The van der Waals surface area contributed by atoms with Crippen LogP contribution in [0.1, 0.15) is 128 Å². The summed E-state index contributed by atoms with van der Waals surface area (Å²) in [6, 6.07) is 27.9. The van der Waals surface area contributed by atoms with Crippen molar-refractivity contribution in [2.45, 2.75) is 168 Å². The largest absolute Gasteiger partial charge is 0.0759 e. The van der Waals surface area contributed by atoms with Crippen molar-refractivity contribution >= 4 is 54.6 Å². The van der Waals surface area contributed by atoms with Gasteiger partial charge in [-0.2, -0.15) is 0 Å². The molecule has 0 nitrogen and oxygen atoms in total. The van der Waals surface area contributed by atoms with E-state index in [1.54, 1.807) is 66.8 Å². The highest BCUT2D eigenvalue weighted by Crippen LogP contribution is 2.53. The molecule has 0 N–H and O–H groups in total. The molecule has 4 unspecified atom stereocenters. The summed E-state index contributed by atoms with van der Waals surface area (Å²) in [5.74, 6) is 0. The lowest BCUT2D eigenvalue weighted by Crippen LogP contribution is -2.30. The second-order valence-corrected chi connectivity index (χ2v) is 45.5. The molecule has 4 atom stereocenters. The average Bonchev–Trinajstić information content (AvgIpc) is 3.91. The van der Waals surface area contributed by atoms with Gasteiger partial charge in [0.1, 0.15) is 0 Å². The van der Waals surface area contributed by atoms with Crippen molar-refractivity contribution in [2.24, 2.45) is 0 Å². The molecule has 0 radical (unpaired) electrons. The van der Waals surface area contributed by atoms with Gasteiger partial charge in [-0.05, 0) is 167 Å². The Bertz CT molecular complexity index is 2350. The molecule has 328 valence electrons. The van der Waals surface area contributed by atoms with Crippen LogP contribution in [0.15, 0.2) is 96.1 Å². The average molecular weight is 890 g/mol. The fraction of sp³-hybridized carbons (Fsp3) is 0.448. The molecule has 4 aromatic carbocycles. The van der Waals surface area contributed by atoms with Crippen LogP contribution in [0, 0.1) is 27.7 Å². The van der Waals surface area contributed by atoms with E-state index in [-0.39, 0.29) is 0 Å². The Morgan fingerprint density at radius 1 is 0.371 bits per heavy atom. The number of benzene rings is 4. The first kappa shape index (κ1) is 46.7. The summed E-state index contributed by atoms with van der Waals surface area (Å²) >= 11 is 0. The fourth-order valence-corrected chi connectivity index (χ4v) is 21.7. The highest BCUT2D eigenvalue weighted by atomic mass is 28.3. The van der Waals surface area contributed by atoms with Crippen molar-refractivity contribution in [1.82, 2.24) is 0 Å². The Kier molecular flexibility index (Phi) is 12.7. The molecule has 0 saturated carbocycles. The molecular weight excluding hydrogens is 809 g/mol. The van der Waals surface area contributed by atoms with Gasteiger partial charge in [-0.15, -0.1) is 0 Å². The number of aryl methyl sites for hydroxylation is 4. The zero-order valence-corrected chi connectivity index (χ0v) is 46.2. The fourth-order valence-electron chi connectivity index (χ4n) is 12.5. The second kappa shape index (κ2) is 16.9. The molecule has 62 heavy (non-hydrogen) atoms. The minimum Gasteiger partial charge on any atom is -0.0759 e. The number of allylic oxidation sites excluding steroid dienone is 8. The van der Waals surface area contributed by atoms with Crippen molar-refractivity contribution in [3.8, 4) is 0 Å². The van der Waals surface area contributed by atoms with Crippen molar-refractivity contribution in [1.29, 1.82) is 0 Å². The van der Waals surface area contributed by atoms with E-state index in [0.717, 1.165) is 12.8 Å². The Balaban J connectivity index is 0.000000187. The highest BCUT2D eigenvalue weighted by molar-refractivity contribution is 6.79. The van der Waals surface area contributed by atoms with Crippen LogP contribution < -0.4 is 0 Å². The molecule has 0 spiro atoms. The van der Waals surface area contributed by atoms with Crippen LogP contribution in [0.4, 0.5) is 0 Å². The first-order valence-corrected chi connectivity index (χ1v) is 38.3. The van der Waals surface area contributed by atoms with Gasteiger partial charge >= 0.3 is 0 Å². The van der Waals surface area contributed by atoms with E-state index in [2.05, 4.69) is 205 Å². The Morgan fingerprint density at radius 3 is 1.02 bits per heavy atom. The van der Waals surface area contributed by atoms with Crippen LogP contribution in [-0.4, -0.2) is 32.3 Å². The zero-order chi connectivity index (χ0) is 45.4. The summed E-state index contributed by atoms with van der Waals surface area (Å²) in [5.41, 5.74) is 31.1. The predicted molar refractivity (Wildman–Crippen MR) is 289 cm³/mol. The third-order valence-corrected chi connectivity index (χ3v) is 24.8. The maximum atomic E-state index is 2.67. The smallest absolute Gasteiger partial charge is 0.0569 e. The predicted octanol–water partition coefficient (Wildman–Crippen LogP) is 17.8. The normalized spacial score (nSPS) is 20.7. The van der Waals surface area contributed by atoms with Gasteiger partial charge in [0.05, 0.1) is 32.3 Å². The van der Waals surface area contributed by atoms with Gasteiger partial charge in [0.25, 0.3) is 0 Å². The van der Waals surface area contributed by atoms with Gasteiger partial charge < -0.3 is 0 Å².